The predicted octanol–water partition coefficient (Wildman–Crippen LogP) is 1.86. The number of nitrogen functional groups attached to an aromatic ring is 1. The van der Waals surface area contributed by atoms with Crippen LogP contribution in [0.1, 0.15) is 20.7 Å². The standard InChI is InChI=1S/C8H7FN2O3.C8H9FN2O/c1-10-8(12)6-3-2-5(11(13)14)4-7(6)9;1-11-8(12)6-3-2-5(10)4-7(6)9/h2-4H,1H3,(H,10,12);2-4H,10H2,1H3,(H,11,12). The number of non-ortho nitro benzene ring substituents is 1. The van der Waals surface area contributed by atoms with Gasteiger partial charge in [0.05, 0.1) is 22.1 Å². The molecule has 0 spiro atoms. The van der Waals surface area contributed by atoms with Crippen molar-refractivity contribution in [1.29, 1.82) is 0 Å². The molecule has 138 valence electrons. The Kier molecular flexibility index (Phi) is 7.14. The number of hydrogen-bond donors (Lipinski definition) is 3. The van der Waals surface area contributed by atoms with E-state index < -0.39 is 28.4 Å². The zero-order chi connectivity index (χ0) is 19.9. The molecule has 2 aromatic carbocycles. The molecule has 2 rings (SSSR count). The highest BCUT2D eigenvalue weighted by molar-refractivity contribution is 5.95. The number of hydrogen-bond acceptors (Lipinski definition) is 5. The van der Waals surface area contributed by atoms with Gasteiger partial charge in [0.25, 0.3) is 17.5 Å². The van der Waals surface area contributed by atoms with E-state index in [-0.39, 0.29) is 16.8 Å². The Bertz CT molecular complexity index is 843. The number of anilines is 1. The van der Waals surface area contributed by atoms with Crippen molar-refractivity contribution in [2.24, 2.45) is 0 Å². The number of carbonyl (C=O) groups excluding carboxylic acids is 2. The molecule has 0 radical (unpaired) electrons. The molecule has 0 unspecified atom stereocenters. The largest absolute Gasteiger partial charge is 0.399 e. The van der Waals surface area contributed by atoms with E-state index in [1.54, 1.807) is 0 Å². The zero-order valence-corrected chi connectivity index (χ0v) is 13.9. The molecule has 26 heavy (non-hydrogen) atoms. The first kappa shape index (κ1) is 20.5. The number of nitro benzene ring substituents is 1. The van der Waals surface area contributed by atoms with E-state index in [4.69, 9.17) is 5.73 Å². The van der Waals surface area contributed by atoms with Gasteiger partial charge in [-0.05, 0) is 24.3 Å². The Hall–Kier alpha value is -3.56. The number of halogens is 2. The number of benzene rings is 2. The van der Waals surface area contributed by atoms with E-state index in [2.05, 4.69) is 10.6 Å². The first-order chi connectivity index (χ1) is 12.2. The molecule has 0 atom stereocenters. The van der Waals surface area contributed by atoms with Crippen molar-refractivity contribution in [1.82, 2.24) is 10.6 Å². The van der Waals surface area contributed by atoms with Crippen molar-refractivity contribution in [3.8, 4) is 0 Å². The maximum absolute atomic E-state index is 13.1. The summed E-state index contributed by atoms with van der Waals surface area (Å²) in [5, 5.41) is 14.8. The second-order valence-corrected chi connectivity index (χ2v) is 4.82. The van der Waals surface area contributed by atoms with E-state index >= 15 is 0 Å². The highest BCUT2D eigenvalue weighted by Gasteiger charge is 2.14. The summed E-state index contributed by atoms with van der Waals surface area (Å²) in [7, 11) is 2.79. The van der Waals surface area contributed by atoms with Crippen molar-refractivity contribution in [2.45, 2.75) is 0 Å². The Labute approximate surface area is 147 Å². The molecule has 0 aliphatic carbocycles. The lowest BCUT2D eigenvalue weighted by molar-refractivity contribution is -0.385. The van der Waals surface area contributed by atoms with Crippen LogP contribution >= 0.6 is 0 Å². The van der Waals surface area contributed by atoms with Gasteiger partial charge in [-0.3, -0.25) is 19.7 Å². The van der Waals surface area contributed by atoms with Crippen molar-refractivity contribution >= 4 is 23.2 Å². The minimum absolute atomic E-state index is 0.00620. The quantitative estimate of drug-likeness (QED) is 0.434. The van der Waals surface area contributed by atoms with Crippen LogP contribution in [0.5, 0.6) is 0 Å². The van der Waals surface area contributed by atoms with Crippen molar-refractivity contribution in [3.05, 3.63) is 69.3 Å². The molecule has 2 amide bonds. The lowest BCUT2D eigenvalue weighted by Gasteiger charge is -2.01. The molecule has 0 heterocycles. The predicted molar refractivity (Wildman–Crippen MR) is 90.6 cm³/mol. The summed E-state index contributed by atoms with van der Waals surface area (Å²) in [6.45, 7) is 0. The molecule has 0 aliphatic heterocycles. The highest BCUT2D eigenvalue weighted by Crippen LogP contribution is 2.16. The average molecular weight is 366 g/mol. The van der Waals surface area contributed by atoms with Gasteiger partial charge in [-0.1, -0.05) is 0 Å². The van der Waals surface area contributed by atoms with E-state index in [1.807, 2.05) is 0 Å². The normalized spacial score (nSPS) is 9.54. The number of carbonyl (C=O) groups is 2. The monoisotopic (exact) mass is 366 g/mol. The number of nitrogens with two attached hydrogens (primary N) is 1. The topological polar surface area (TPSA) is 127 Å². The Balaban J connectivity index is 0.000000263. The molecule has 0 bridgehead atoms. The minimum atomic E-state index is -0.904. The van der Waals surface area contributed by atoms with Gasteiger partial charge in [0, 0.05) is 25.8 Å². The molecular weight excluding hydrogens is 350 g/mol. The number of nitro groups is 1. The maximum Gasteiger partial charge on any atom is 0.272 e. The van der Waals surface area contributed by atoms with Crippen LogP contribution in [0.3, 0.4) is 0 Å². The molecule has 8 nitrogen and oxygen atoms in total. The van der Waals surface area contributed by atoms with Crippen LogP contribution in [-0.4, -0.2) is 30.8 Å². The maximum atomic E-state index is 13.1. The van der Waals surface area contributed by atoms with Crippen LogP contribution in [0, 0.1) is 21.7 Å². The Morgan fingerprint density at radius 3 is 1.81 bits per heavy atom. The van der Waals surface area contributed by atoms with Gasteiger partial charge in [0.1, 0.15) is 11.6 Å². The fourth-order valence-electron chi connectivity index (χ4n) is 1.79. The lowest BCUT2D eigenvalue weighted by Crippen LogP contribution is -2.19. The third-order valence-corrected chi connectivity index (χ3v) is 3.10. The van der Waals surface area contributed by atoms with Gasteiger partial charge in [0.15, 0.2) is 0 Å². The molecular formula is C16H16F2N4O4. The van der Waals surface area contributed by atoms with Gasteiger partial charge in [0.2, 0.25) is 0 Å². The third kappa shape index (κ3) is 5.23. The van der Waals surface area contributed by atoms with Crippen molar-refractivity contribution in [3.63, 3.8) is 0 Å². The summed E-state index contributed by atoms with van der Waals surface area (Å²) in [6.07, 6.45) is 0. The highest BCUT2D eigenvalue weighted by atomic mass is 19.1. The molecule has 0 fully saturated rings. The van der Waals surface area contributed by atoms with E-state index in [0.29, 0.717) is 11.8 Å². The van der Waals surface area contributed by atoms with Crippen LogP contribution in [-0.2, 0) is 0 Å². The van der Waals surface area contributed by atoms with E-state index in [1.165, 1.54) is 26.2 Å². The van der Waals surface area contributed by atoms with Crippen LogP contribution in [0.15, 0.2) is 36.4 Å². The number of amides is 2. The zero-order valence-electron chi connectivity index (χ0n) is 13.9. The number of rotatable bonds is 3. The average Bonchev–Trinajstić information content (AvgIpc) is 2.60. The van der Waals surface area contributed by atoms with E-state index in [9.17, 15) is 28.5 Å². The van der Waals surface area contributed by atoms with Crippen molar-refractivity contribution in [2.75, 3.05) is 19.8 Å². The van der Waals surface area contributed by atoms with Crippen LogP contribution in [0.25, 0.3) is 0 Å². The summed E-state index contributed by atoms with van der Waals surface area (Å²) in [6, 6.07) is 6.81. The van der Waals surface area contributed by atoms with Gasteiger partial charge in [-0.2, -0.15) is 0 Å². The fourth-order valence-corrected chi connectivity index (χ4v) is 1.79. The lowest BCUT2D eigenvalue weighted by atomic mass is 10.2. The van der Waals surface area contributed by atoms with Gasteiger partial charge in [-0.15, -0.1) is 0 Å². The van der Waals surface area contributed by atoms with Crippen LogP contribution in [0.4, 0.5) is 20.2 Å². The summed E-state index contributed by atoms with van der Waals surface area (Å²) in [4.78, 5) is 31.5. The first-order valence-corrected chi connectivity index (χ1v) is 7.14. The smallest absolute Gasteiger partial charge is 0.272 e. The molecule has 4 N–H and O–H groups in total. The van der Waals surface area contributed by atoms with E-state index in [0.717, 1.165) is 18.2 Å². The van der Waals surface area contributed by atoms with Gasteiger partial charge in [-0.25, -0.2) is 8.78 Å². The summed E-state index contributed by atoms with van der Waals surface area (Å²) < 4.78 is 26.0. The van der Waals surface area contributed by atoms with Crippen LogP contribution < -0.4 is 16.4 Å². The molecule has 0 aromatic heterocycles. The van der Waals surface area contributed by atoms with Gasteiger partial charge >= 0.3 is 0 Å². The SMILES string of the molecule is CNC(=O)c1ccc(N)cc1F.CNC(=O)c1ccc([N+](=O)[O-])cc1F. The summed E-state index contributed by atoms with van der Waals surface area (Å²) in [5.74, 6) is -2.57. The Morgan fingerprint density at radius 1 is 0.962 bits per heavy atom. The number of nitrogens with one attached hydrogen (secondary N) is 2. The van der Waals surface area contributed by atoms with Gasteiger partial charge < -0.3 is 16.4 Å². The molecule has 0 saturated carbocycles. The third-order valence-electron chi connectivity index (χ3n) is 3.10. The molecule has 0 saturated heterocycles. The molecule has 10 heteroatoms. The second kappa shape index (κ2) is 9.06. The second-order valence-electron chi connectivity index (χ2n) is 4.82. The molecule has 2 aromatic rings. The van der Waals surface area contributed by atoms with Crippen molar-refractivity contribution < 1.29 is 23.3 Å². The number of nitrogens with zero attached hydrogens (tertiary/aromatic N) is 1. The van der Waals surface area contributed by atoms with Crippen LogP contribution in [0.2, 0.25) is 0 Å². The first-order valence-electron chi connectivity index (χ1n) is 7.14. The fraction of sp³-hybridized carbons (Fsp3) is 0.125. The molecule has 0 aliphatic rings. The summed E-state index contributed by atoms with van der Waals surface area (Å²) >= 11 is 0. The Morgan fingerprint density at radius 2 is 1.42 bits per heavy atom. The minimum Gasteiger partial charge on any atom is -0.399 e. The summed E-state index contributed by atoms with van der Waals surface area (Å²) in [5.41, 5.74) is 5.02.